The maximum absolute atomic E-state index is 11.4. The smallest absolute Gasteiger partial charge is 0.368 e. The Morgan fingerprint density at radius 2 is 2.09 bits per heavy atom. The van der Waals surface area contributed by atoms with Crippen LogP contribution in [0.3, 0.4) is 0 Å². The van der Waals surface area contributed by atoms with E-state index in [1.807, 2.05) is 0 Å². The van der Waals surface area contributed by atoms with Crippen LogP contribution >= 0.6 is 0 Å². The zero-order valence-electron chi connectivity index (χ0n) is 12.3. The Morgan fingerprint density at radius 1 is 1.45 bits per heavy atom. The van der Waals surface area contributed by atoms with Gasteiger partial charge >= 0.3 is 5.97 Å². The van der Waals surface area contributed by atoms with Gasteiger partial charge in [-0.25, -0.2) is 4.79 Å². The highest BCUT2D eigenvalue weighted by Gasteiger charge is 2.48. The lowest BCUT2D eigenvalue weighted by molar-refractivity contribution is -0.260. The molecule has 0 bridgehead atoms. The number of aliphatic hydroxyl groups is 3. The number of aliphatic carboxylic acids is 1. The van der Waals surface area contributed by atoms with Crippen LogP contribution in [0.1, 0.15) is 13.8 Å². The molecule has 0 saturated heterocycles. The monoisotopic (exact) mass is 319 g/mol. The topological polar surface area (TPSA) is 146 Å². The molecule has 1 amide bonds. The fourth-order valence-corrected chi connectivity index (χ4v) is 2.11. The van der Waals surface area contributed by atoms with Crippen molar-refractivity contribution in [3.63, 3.8) is 0 Å². The molecule has 9 heteroatoms. The van der Waals surface area contributed by atoms with Gasteiger partial charge in [0.25, 0.3) is 5.79 Å². The third-order valence-electron chi connectivity index (χ3n) is 3.13. The number of aliphatic hydroxyl groups excluding tert-OH is 3. The summed E-state index contributed by atoms with van der Waals surface area (Å²) in [5.74, 6) is -4.01. The van der Waals surface area contributed by atoms with Crippen molar-refractivity contribution in [2.75, 3.05) is 13.2 Å². The highest BCUT2D eigenvalue weighted by molar-refractivity contribution is 5.79. The van der Waals surface area contributed by atoms with Crippen molar-refractivity contribution < 1.29 is 39.5 Å². The fourth-order valence-electron chi connectivity index (χ4n) is 2.11. The summed E-state index contributed by atoms with van der Waals surface area (Å²) in [5.41, 5.74) is 0. The lowest BCUT2D eigenvalue weighted by Gasteiger charge is -2.40. The first kappa shape index (κ1) is 18.5. The number of hydrogen-bond acceptors (Lipinski definition) is 7. The summed E-state index contributed by atoms with van der Waals surface area (Å²) in [5, 5.41) is 40.3. The Hall–Kier alpha value is -1.52. The standard InChI is InChI=1S/C13H21NO8/c1-3-21-13(12(19)20)5-4-8(14-7(2)16)11(22-13)10(18)9(17)6-15/h4-5,8-11,15,17-18H,3,6H2,1-2H3,(H,14,16)(H,19,20). The normalized spacial score (nSPS) is 30.6. The number of nitrogens with one attached hydrogen (secondary N) is 1. The van der Waals surface area contributed by atoms with Gasteiger partial charge in [0, 0.05) is 13.5 Å². The van der Waals surface area contributed by atoms with Crippen LogP contribution in [0.4, 0.5) is 0 Å². The lowest BCUT2D eigenvalue weighted by atomic mass is 9.96. The summed E-state index contributed by atoms with van der Waals surface area (Å²) < 4.78 is 10.4. The van der Waals surface area contributed by atoms with Crippen molar-refractivity contribution in [3.05, 3.63) is 12.2 Å². The van der Waals surface area contributed by atoms with Crippen molar-refractivity contribution >= 4 is 11.9 Å². The van der Waals surface area contributed by atoms with E-state index in [4.69, 9.17) is 14.6 Å². The molecule has 5 N–H and O–H groups in total. The fraction of sp³-hybridized carbons (Fsp3) is 0.692. The van der Waals surface area contributed by atoms with Crippen molar-refractivity contribution in [2.24, 2.45) is 0 Å². The summed E-state index contributed by atoms with van der Waals surface area (Å²) in [4.78, 5) is 22.6. The minimum absolute atomic E-state index is 0.0206. The minimum Gasteiger partial charge on any atom is -0.477 e. The molecule has 0 radical (unpaired) electrons. The van der Waals surface area contributed by atoms with Crippen LogP contribution in [0.25, 0.3) is 0 Å². The van der Waals surface area contributed by atoms with E-state index >= 15 is 0 Å². The molecular formula is C13H21NO8. The Kier molecular flexibility index (Phi) is 6.45. The second kappa shape index (κ2) is 7.65. The molecule has 5 atom stereocenters. The summed E-state index contributed by atoms with van der Waals surface area (Å²) >= 11 is 0. The van der Waals surface area contributed by atoms with Crippen LogP contribution < -0.4 is 5.32 Å². The van der Waals surface area contributed by atoms with E-state index in [9.17, 15) is 24.9 Å². The average molecular weight is 319 g/mol. The van der Waals surface area contributed by atoms with Gasteiger partial charge in [0.2, 0.25) is 5.91 Å². The number of carbonyl (C=O) groups is 2. The summed E-state index contributed by atoms with van der Waals surface area (Å²) in [6.07, 6.45) is -2.09. The maximum atomic E-state index is 11.4. The summed E-state index contributed by atoms with van der Waals surface area (Å²) in [6, 6.07) is -0.887. The SMILES string of the molecule is CCOC1(C(=O)O)C=CC(NC(C)=O)C(C(O)C(O)CO)O1. The third-order valence-corrected chi connectivity index (χ3v) is 3.13. The average Bonchev–Trinajstić information content (AvgIpc) is 2.46. The van der Waals surface area contributed by atoms with Crippen LogP contribution in [0.2, 0.25) is 0 Å². The quantitative estimate of drug-likeness (QED) is 0.338. The van der Waals surface area contributed by atoms with E-state index < -0.39 is 48.6 Å². The van der Waals surface area contributed by atoms with Gasteiger partial charge in [-0.15, -0.1) is 0 Å². The number of carbonyl (C=O) groups excluding carboxylic acids is 1. The molecule has 5 unspecified atom stereocenters. The van der Waals surface area contributed by atoms with E-state index in [-0.39, 0.29) is 6.61 Å². The molecule has 0 aliphatic carbocycles. The first-order valence-electron chi connectivity index (χ1n) is 6.76. The molecule has 22 heavy (non-hydrogen) atoms. The molecule has 0 fully saturated rings. The molecule has 9 nitrogen and oxygen atoms in total. The molecule has 0 aromatic rings. The van der Waals surface area contributed by atoms with Gasteiger partial charge in [-0.1, -0.05) is 6.08 Å². The zero-order chi connectivity index (χ0) is 16.9. The molecule has 126 valence electrons. The Labute approximate surface area is 127 Å². The van der Waals surface area contributed by atoms with Gasteiger partial charge in [0.05, 0.1) is 12.6 Å². The highest BCUT2D eigenvalue weighted by atomic mass is 16.7. The Balaban J connectivity index is 3.13. The van der Waals surface area contributed by atoms with Gasteiger partial charge in [-0.3, -0.25) is 4.79 Å². The van der Waals surface area contributed by atoms with E-state index in [0.29, 0.717) is 0 Å². The van der Waals surface area contributed by atoms with Gasteiger partial charge < -0.3 is 35.2 Å². The van der Waals surface area contributed by atoms with E-state index in [2.05, 4.69) is 5.32 Å². The maximum Gasteiger partial charge on any atom is 0.368 e. The molecular weight excluding hydrogens is 298 g/mol. The van der Waals surface area contributed by atoms with Gasteiger partial charge in [-0.2, -0.15) is 0 Å². The number of amides is 1. The molecule has 1 heterocycles. The van der Waals surface area contributed by atoms with E-state index in [1.54, 1.807) is 6.92 Å². The second-order valence-corrected chi connectivity index (χ2v) is 4.81. The van der Waals surface area contributed by atoms with Crippen LogP contribution in [-0.2, 0) is 19.1 Å². The van der Waals surface area contributed by atoms with Crippen molar-refractivity contribution in [1.29, 1.82) is 0 Å². The van der Waals surface area contributed by atoms with Crippen molar-refractivity contribution in [3.8, 4) is 0 Å². The molecule has 1 aliphatic heterocycles. The van der Waals surface area contributed by atoms with Crippen LogP contribution in [0.5, 0.6) is 0 Å². The number of carboxylic acids is 1. The molecule has 0 aromatic heterocycles. The largest absolute Gasteiger partial charge is 0.477 e. The summed E-state index contributed by atoms with van der Waals surface area (Å²) in [6.45, 7) is 2.07. The highest BCUT2D eigenvalue weighted by Crippen LogP contribution is 2.28. The second-order valence-electron chi connectivity index (χ2n) is 4.81. The van der Waals surface area contributed by atoms with Crippen molar-refractivity contribution in [2.45, 2.75) is 44.0 Å². The van der Waals surface area contributed by atoms with Gasteiger partial charge in [0.1, 0.15) is 18.3 Å². The first-order chi connectivity index (χ1) is 10.3. The molecule has 1 aliphatic rings. The van der Waals surface area contributed by atoms with Gasteiger partial charge in [0.15, 0.2) is 0 Å². The third kappa shape index (κ3) is 4.02. The molecule has 0 spiro atoms. The first-order valence-corrected chi connectivity index (χ1v) is 6.76. The van der Waals surface area contributed by atoms with E-state index in [1.165, 1.54) is 13.0 Å². The zero-order valence-corrected chi connectivity index (χ0v) is 12.3. The van der Waals surface area contributed by atoms with Gasteiger partial charge in [-0.05, 0) is 13.0 Å². The summed E-state index contributed by atoms with van der Waals surface area (Å²) in [7, 11) is 0. The van der Waals surface area contributed by atoms with Crippen LogP contribution in [0, 0.1) is 0 Å². The number of rotatable bonds is 7. The molecule has 0 aromatic carbocycles. The number of carboxylic acid groups (broad SMARTS) is 1. The van der Waals surface area contributed by atoms with Crippen molar-refractivity contribution in [1.82, 2.24) is 5.32 Å². The minimum atomic E-state index is -2.13. The Morgan fingerprint density at radius 3 is 2.55 bits per heavy atom. The van der Waals surface area contributed by atoms with Crippen LogP contribution in [-0.4, -0.2) is 75.7 Å². The predicted octanol–water partition coefficient (Wildman–Crippen LogP) is -2.02. The molecule has 1 rings (SSSR count). The Bertz CT molecular complexity index is 440. The number of hydrogen-bond donors (Lipinski definition) is 5. The van der Waals surface area contributed by atoms with Crippen LogP contribution in [0.15, 0.2) is 12.2 Å². The van der Waals surface area contributed by atoms with E-state index in [0.717, 1.165) is 6.08 Å². The molecule has 0 saturated carbocycles. The lowest BCUT2D eigenvalue weighted by Crippen LogP contribution is -2.60. The predicted molar refractivity (Wildman–Crippen MR) is 72.7 cm³/mol. The number of ether oxygens (including phenoxy) is 2.